The van der Waals surface area contributed by atoms with Gasteiger partial charge in [-0.15, -0.1) is 23.5 Å². The van der Waals surface area contributed by atoms with E-state index in [0.29, 0.717) is 5.25 Å². The Hall–Kier alpha value is -1.68. The van der Waals surface area contributed by atoms with E-state index in [0.717, 1.165) is 5.92 Å². The first-order valence-electron chi connectivity index (χ1n) is 11.5. The highest BCUT2D eigenvalue weighted by Gasteiger charge is 2.44. The van der Waals surface area contributed by atoms with E-state index in [9.17, 15) is 0 Å². The molecule has 3 aromatic rings. The molecule has 1 atom stereocenters. The van der Waals surface area contributed by atoms with E-state index in [1.807, 2.05) is 0 Å². The van der Waals surface area contributed by atoms with Crippen molar-refractivity contribution in [2.45, 2.75) is 28.6 Å². The van der Waals surface area contributed by atoms with E-state index < -0.39 is 0 Å². The average molecular weight is 446 g/mol. The maximum Gasteiger partial charge on any atom is 0.112 e. The van der Waals surface area contributed by atoms with Crippen molar-refractivity contribution in [2.75, 3.05) is 25.4 Å². The lowest BCUT2D eigenvalue weighted by Gasteiger charge is -2.34. The van der Waals surface area contributed by atoms with Gasteiger partial charge in [0.25, 0.3) is 0 Å². The Morgan fingerprint density at radius 3 is 1.87 bits per heavy atom. The first kappa shape index (κ1) is 21.2. The standard InChI is InChI=1S/C28H31NS2/c1-4-10-23(11-5-1)20-24-16-18-29(19-17-24)21-27-22-30-28(31-27,25-12-6-2-7-13-25)26-14-8-3-9-15-26/h1-15,24,27H,16-22H2. The van der Waals surface area contributed by atoms with Crippen molar-refractivity contribution in [1.82, 2.24) is 4.90 Å². The van der Waals surface area contributed by atoms with Gasteiger partial charge in [-0.05, 0) is 55.0 Å². The molecular formula is C28H31NS2. The van der Waals surface area contributed by atoms with E-state index in [1.165, 1.54) is 61.3 Å². The lowest BCUT2D eigenvalue weighted by Crippen LogP contribution is -2.38. The van der Waals surface area contributed by atoms with Crippen LogP contribution < -0.4 is 0 Å². The second-order valence-corrected chi connectivity index (χ2v) is 11.8. The number of hydrogen-bond donors (Lipinski definition) is 0. The Bertz CT molecular complexity index is 897. The molecule has 0 amide bonds. The zero-order valence-electron chi connectivity index (χ0n) is 18.0. The number of likely N-dealkylation sites (tertiary alicyclic amines) is 1. The minimum Gasteiger partial charge on any atom is -0.302 e. The third-order valence-corrected chi connectivity index (χ3v) is 10.4. The second-order valence-electron chi connectivity index (χ2n) is 8.83. The number of benzene rings is 3. The van der Waals surface area contributed by atoms with Crippen molar-refractivity contribution >= 4 is 23.5 Å². The monoisotopic (exact) mass is 445 g/mol. The van der Waals surface area contributed by atoms with E-state index >= 15 is 0 Å². The Morgan fingerprint density at radius 1 is 0.742 bits per heavy atom. The molecule has 2 aliphatic rings. The predicted molar refractivity (Wildman–Crippen MR) is 137 cm³/mol. The van der Waals surface area contributed by atoms with Gasteiger partial charge in [0.1, 0.15) is 4.08 Å². The van der Waals surface area contributed by atoms with Crippen LogP contribution in [0.25, 0.3) is 0 Å². The molecule has 0 N–H and O–H groups in total. The maximum atomic E-state index is 2.73. The first-order valence-corrected chi connectivity index (χ1v) is 13.4. The van der Waals surface area contributed by atoms with Crippen LogP contribution in [0.3, 0.4) is 0 Å². The third kappa shape index (κ3) is 4.89. The zero-order valence-corrected chi connectivity index (χ0v) is 19.7. The summed E-state index contributed by atoms with van der Waals surface area (Å²) in [6.45, 7) is 3.73. The molecule has 0 spiro atoms. The number of hydrogen-bond acceptors (Lipinski definition) is 3. The van der Waals surface area contributed by atoms with Crippen LogP contribution >= 0.6 is 23.5 Å². The van der Waals surface area contributed by atoms with Crippen LogP contribution in [-0.4, -0.2) is 35.5 Å². The molecule has 2 fully saturated rings. The SMILES string of the molecule is c1ccc(CC2CCN(CC3CSC(c4ccccc4)(c4ccccc4)S3)CC2)cc1. The number of rotatable bonds is 6. The van der Waals surface area contributed by atoms with Crippen LogP contribution in [0.2, 0.25) is 0 Å². The van der Waals surface area contributed by atoms with Gasteiger partial charge in [0.15, 0.2) is 0 Å². The molecular weight excluding hydrogens is 414 g/mol. The largest absolute Gasteiger partial charge is 0.302 e. The molecule has 0 aliphatic carbocycles. The van der Waals surface area contributed by atoms with Gasteiger partial charge in [-0.3, -0.25) is 0 Å². The van der Waals surface area contributed by atoms with Gasteiger partial charge in [0.2, 0.25) is 0 Å². The minimum absolute atomic E-state index is 0.0266. The summed E-state index contributed by atoms with van der Waals surface area (Å²) in [5.74, 6) is 2.07. The molecule has 5 rings (SSSR count). The Labute approximate surface area is 195 Å². The van der Waals surface area contributed by atoms with E-state index in [-0.39, 0.29) is 4.08 Å². The Kier molecular flexibility index (Phi) is 6.73. The van der Waals surface area contributed by atoms with Crippen molar-refractivity contribution in [3.8, 4) is 0 Å². The van der Waals surface area contributed by atoms with Gasteiger partial charge in [0, 0.05) is 17.5 Å². The van der Waals surface area contributed by atoms with Gasteiger partial charge in [-0.2, -0.15) is 0 Å². The topological polar surface area (TPSA) is 3.24 Å². The summed E-state index contributed by atoms with van der Waals surface area (Å²) in [6, 6.07) is 33.3. The van der Waals surface area contributed by atoms with E-state index in [2.05, 4.69) is 119 Å². The van der Waals surface area contributed by atoms with Crippen LogP contribution in [0.4, 0.5) is 0 Å². The molecule has 2 saturated heterocycles. The van der Waals surface area contributed by atoms with Gasteiger partial charge in [-0.1, -0.05) is 91.0 Å². The lowest BCUT2D eigenvalue weighted by molar-refractivity contribution is 0.186. The van der Waals surface area contributed by atoms with Crippen molar-refractivity contribution in [1.29, 1.82) is 0 Å². The fourth-order valence-corrected chi connectivity index (χ4v) is 8.79. The molecule has 2 heterocycles. The highest BCUT2D eigenvalue weighted by molar-refractivity contribution is 8.21. The Balaban J connectivity index is 1.22. The minimum atomic E-state index is 0.0266. The molecule has 1 nitrogen and oxygen atoms in total. The summed E-state index contributed by atoms with van der Waals surface area (Å²) in [5, 5.41) is 0.677. The molecule has 1 unspecified atom stereocenters. The molecule has 0 saturated carbocycles. The average Bonchev–Trinajstić information content (AvgIpc) is 3.27. The van der Waals surface area contributed by atoms with Gasteiger partial charge < -0.3 is 4.90 Å². The lowest BCUT2D eigenvalue weighted by atomic mass is 9.90. The van der Waals surface area contributed by atoms with Crippen molar-refractivity contribution in [2.24, 2.45) is 5.92 Å². The number of nitrogens with zero attached hydrogens (tertiary/aromatic N) is 1. The van der Waals surface area contributed by atoms with Crippen LogP contribution in [-0.2, 0) is 10.5 Å². The molecule has 3 heteroatoms. The summed E-state index contributed by atoms with van der Waals surface area (Å²) in [7, 11) is 0. The molecule has 3 aromatic carbocycles. The smallest absolute Gasteiger partial charge is 0.112 e. The number of piperidine rings is 1. The Morgan fingerprint density at radius 2 is 1.29 bits per heavy atom. The van der Waals surface area contributed by atoms with Crippen molar-refractivity contribution < 1.29 is 0 Å². The molecule has 2 aliphatic heterocycles. The molecule has 160 valence electrons. The van der Waals surface area contributed by atoms with Gasteiger partial charge in [-0.25, -0.2) is 0 Å². The highest BCUT2D eigenvalue weighted by atomic mass is 32.2. The van der Waals surface area contributed by atoms with Gasteiger partial charge in [0.05, 0.1) is 0 Å². The van der Waals surface area contributed by atoms with Crippen LogP contribution in [0, 0.1) is 5.92 Å². The van der Waals surface area contributed by atoms with Crippen LogP contribution in [0.1, 0.15) is 29.5 Å². The van der Waals surface area contributed by atoms with Crippen molar-refractivity contribution in [3.05, 3.63) is 108 Å². The molecule has 0 radical (unpaired) electrons. The summed E-state index contributed by atoms with van der Waals surface area (Å²) >= 11 is 4.31. The number of thioether (sulfide) groups is 2. The summed E-state index contributed by atoms with van der Waals surface area (Å²) in [5.41, 5.74) is 4.36. The molecule has 0 aromatic heterocycles. The molecule has 31 heavy (non-hydrogen) atoms. The fourth-order valence-electron chi connectivity index (χ4n) is 5.00. The summed E-state index contributed by atoms with van der Waals surface area (Å²) in [6.07, 6.45) is 3.91. The summed E-state index contributed by atoms with van der Waals surface area (Å²) < 4.78 is 0.0266. The van der Waals surface area contributed by atoms with Crippen LogP contribution in [0.15, 0.2) is 91.0 Å². The van der Waals surface area contributed by atoms with Crippen LogP contribution in [0.5, 0.6) is 0 Å². The third-order valence-electron chi connectivity index (χ3n) is 6.65. The van der Waals surface area contributed by atoms with Crippen molar-refractivity contribution in [3.63, 3.8) is 0 Å². The normalized spacial score (nSPS) is 21.9. The maximum absolute atomic E-state index is 2.73. The van der Waals surface area contributed by atoms with Gasteiger partial charge >= 0.3 is 0 Å². The second kappa shape index (κ2) is 9.85. The quantitative estimate of drug-likeness (QED) is 0.416. The fraction of sp³-hybridized carbons (Fsp3) is 0.357. The summed E-state index contributed by atoms with van der Waals surface area (Å²) in [4.78, 5) is 2.73. The zero-order chi connectivity index (χ0) is 20.9. The predicted octanol–water partition coefficient (Wildman–Crippen LogP) is 6.69. The first-order chi connectivity index (χ1) is 15.3. The highest BCUT2D eigenvalue weighted by Crippen LogP contribution is 2.59. The molecule has 0 bridgehead atoms. The van der Waals surface area contributed by atoms with E-state index in [4.69, 9.17) is 0 Å². The van der Waals surface area contributed by atoms with E-state index in [1.54, 1.807) is 0 Å².